The van der Waals surface area contributed by atoms with Crippen molar-refractivity contribution >= 4 is 11.6 Å². The summed E-state index contributed by atoms with van der Waals surface area (Å²) in [7, 11) is 4.66. The predicted octanol–water partition coefficient (Wildman–Crippen LogP) is 3.61. The van der Waals surface area contributed by atoms with E-state index in [0.29, 0.717) is 41.9 Å². The molecular weight excluding hydrogens is 436 g/mol. The van der Waals surface area contributed by atoms with E-state index in [1.165, 1.54) is 18.5 Å². The summed E-state index contributed by atoms with van der Waals surface area (Å²) in [6.45, 7) is 2.54. The molecule has 4 rings (SSSR count). The first-order chi connectivity index (χ1) is 16.6. The number of rotatable bonds is 10. The van der Waals surface area contributed by atoms with E-state index >= 15 is 0 Å². The number of nitrogens with zero attached hydrogens (tertiary/aromatic N) is 3. The van der Waals surface area contributed by atoms with Crippen molar-refractivity contribution in [2.24, 2.45) is 0 Å². The van der Waals surface area contributed by atoms with E-state index in [4.69, 9.17) is 18.7 Å². The smallest absolute Gasteiger partial charge is 0.227 e. The van der Waals surface area contributed by atoms with Crippen LogP contribution in [0.25, 0.3) is 11.4 Å². The normalized spacial score (nSPS) is 13.1. The Labute approximate surface area is 199 Å². The molecule has 1 fully saturated rings. The van der Waals surface area contributed by atoms with E-state index in [2.05, 4.69) is 32.5 Å². The molecule has 1 saturated heterocycles. The SMILES string of the molecule is COc1cc(CNC(=O)CCc2nc(-c3ccc(N4CCCC4)cc3)no2)cc(OC)c1OC. The maximum absolute atomic E-state index is 12.4. The summed E-state index contributed by atoms with van der Waals surface area (Å²) in [6, 6.07) is 11.8. The minimum absolute atomic E-state index is 0.122. The zero-order chi connectivity index (χ0) is 23.9. The molecule has 0 bridgehead atoms. The number of benzene rings is 2. The van der Waals surface area contributed by atoms with Gasteiger partial charge in [0.2, 0.25) is 23.4 Å². The summed E-state index contributed by atoms with van der Waals surface area (Å²) in [5.74, 6) is 2.43. The van der Waals surface area contributed by atoms with Crippen molar-refractivity contribution in [2.45, 2.75) is 32.2 Å². The number of aryl methyl sites for hydroxylation is 1. The molecule has 0 spiro atoms. The van der Waals surface area contributed by atoms with Crippen molar-refractivity contribution in [2.75, 3.05) is 39.3 Å². The van der Waals surface area contributed by atoms with Crippen LogP contribution in [0.4, 0.5) is 5.69 Å². The van der Waals surface area contributed by atoms with Gasteiger partial charge >= 0.3 is 0 Å². The fourth-order valence-electron chi connectivity index (χ4n) is 4.02. The zero-order valence-corrected chi connectivity index (χ0v) is 19.8. The molecule has 2 heterocycles. The minimum atomic E-state index is -0.122. The first-order valence-electron chi connectivity index (χ1n) is 11.3. The fraction of sp³-hybridized carbons (Fsp3) is 0.400. The van der Waals surface area contributed by atoms with Gasteiger partial charge in [-0.05, 0) is 54.8 Å². The van der Waals surface area contributed by atoms with Crippen LogP contribution >= 0.6 is 0 Å². The predicted molar refractivity (Wildman–Crippen MR) is 127 cm³/mol. The van der Waals surface area contributed by atoms with Gasteiger partial charge in [0, 0.05) is 43.7 Å². The van der Waals surface area contributed by atoms with Gasteiger partial charge in [0.1, 0.15) is 0 Å². The lowest BCUT2D eigenvalue weighted by Gasteiger charge is -2.17. The zero-order valence-electron chi connectivity index (χ0n) is 19.8. The van der Waals surface area contributed by atoms with Gasteiger partial charge in [-0.15, -0.1) is 0 Å². The van der Waals surface area contributed by atoms with Crippen LogP contribution in [0, 0.1) is 0 Å². The molecule has 1 aromatic heterocycles. The molecule has 9 heteroatoms. The highest BCUT2D eigenvalue weighted by Crippen LogP contribution is 2.38. The van der Waals surface area contributed by atoms with E-state index in [-0.39, 0.29) is 12.3 Å². The average Bonchev–Trinajstić information content (AvgIpc) is 3.58. The van der Waals surface area contributed by atoms with Crippen LogP contribution < -0.4 is 24.4 Å². The highest BCUT2D eigenvalue weighted by molar-refractivity contribution is 5.76. The van der Waals surface area contributed by atoms with Crippen molar-refractivity contribution in [3.8, 4) is 28.6 Å². The number of carbonyl (C=O) groups is 1. The lowest BCUT2D eigenvalue weighted by Crippen LogP contribution is -2.23. The largest absolute Gasteiger partial charge is 0.493 e. The maximum atomic E-state index is 12.4. The first-order valence-corrected chi connectivity index (χ1v) is 11.3. The second-order valence-corrected chi connectivity index (χ2v) is 8.06. The van der Waals surface area contributed by atoms with Crippen LogP contribution in [0.3, 0.4) is 0 Å². The summed E-state index contributed by atoms with van der Waals surface area (Å²) < 4.78 is 21.4. The van der Waals surface area contributed by atoms with Crippen molar-refractivity contribution in [3.05, 3.63) is 47.9 Å². The number of amides is 1. The molecule has 1 amide bonds. The van der Waals surface area contributed by atoms with E-state index in [1.807, 2.05) is 12.1 Å². The Balaban J connectivity index is 1.29. The van der Waals surface area contributed by atoms with Gasteiger partial charge in [-0.25, -0.2) is 0 Å². The van der Waals surface area contributed by atoms with Crippen LogP contribution in [0.15, 0.2) is 40.9 Å². The third-order valence-electron chi connectivity index (χ3n) is 5.84. The summed E-state index contributed by atoms with van der Waals surface area (Å²) >= 11 is 0. The number of hydrogen-bond donors (Lipinski definition) is 1. The molecule has 0 unspecified atom stereocenters. The quantitative estimate of drug-likeness (QED) is 0.484. The van der Waals surface area contributed by atoms with Crippen LogP contribution in [-0.4, -0.2) is 50.5 Å². The van der Waals surface area contributed by atoms with Crippen molar-refractivity contribution in [1.29, 1.82) is 0 Å². The topological polar surface area (TPSA) is 99.0 Å². The van der Waals surface area contributed by atoms with Crippen molar-refractivity contribution in [3.63, 3.8) is 0 Å². The Morgan fingerprint density at radius 1 is 1.03 bits per heavy atom. The average molecular weight is 467 g/mol. The maximum Gasteiger partial charge on any atom is 0.227 e. The Morgan fingerprint density at radius 2 is 1.71 bits per heavy atom. The monoisotopic (exact) mass is 466 g/mol. The van der Waals surface area contributed by atoms with Gasteiger partial charge in [0.25, 0.3) is 0 Å². The summed E-state index contributed by atoms with van der Waals surface area (Å²) in [5.41, 5.74) is 2.94. The van der Waals surface area contributed by atoms with Crippen LogP contribution in [-0.2, 0) is 17.8 Å². The highest BCUT2D eigenvalue weighted by atomic mass is 16.5. The fourth-order valence-corrected chi connectivity index (χ4v) is 4.02. The van der Waals surface area contributed by atoms with Crippen molar-refractivity contribution in [1.82, 2.24) is 15.5 Å². The van der Waals surface area contributed by atoms with Gasteiger partial charge < -0.3 is 29.0 Å². The van der Waals surface area contributed by atoms with Gasteiger partial charge in [0.05, 0.1) is 21.3 Å². The molecule has 0 atom stereocenters. The number of nitrogens with one attached hydrogen (secondary N) is 1. The number of anilines is 1. The molecule has 180 valence electrons. The van der Waals surface area contributed by atoms with Crippen LogP contribution in [0.5, 0.6) is 17.2 Å². The molecule has 0 saturated carbocycles. The number of carbonyl (C=O) groups excluding carboxylic acids is 1. The molecule has 34 heavy (non-hydrogen) atoms. The Hall–Kier alpha value is -3.75. The number of aromatic nitrogens is 2. The molecule has 3 aromatic rings. The molecule has 9 nitrogen and oxygen atoms in total. The lowest BCUT2D eigenvalue weighted by atomic mass is 10.1. The molecule has 0 radical (unpaired) electrons. The summed E-state index contributed by atoms with van der Waals surface area (Å²) in [4.78, 5) is 19.2. The van der Waals surface area contributed by atoms with Crippen LogP contribution in [0.2, 0.25) is 0 Å². The Morgan fingerprint density at radius 3 is 2.32 bits per heavy atom. The molecule has 0 aliphatic carbocycles. The van der Waals surface area contributed by atoms with Crippen LogP contribution in [0.1, 0.15) is 30.7 Å². The molecule has 2 aromatic carbocycles. The standard InChI is InChI=1S/C25H30N4O5/c1-31-20-14-17(15-21(32-2)24(20)33-3)16-26-22(30)10-11-23-27-25(28-34-23)18-6-8-19(9-7-18)29-12-4-5-13-29/h6-9,14-15H,4-5,10-13,16H2,1-3H3,(H,26,30). The highest BCUT2D eigenvalue weighted by Gasteiger charge is 2.16. The van der Waals surface area contributed by atoms with Crippen molar-refractivity contribution < 1.29 is 23.5 Å². The summed E-state index contributed by atoms with van der Waals surface area (Å²) in [5, 5.41) is 6.96. The first kappa shape index (κ1) is 23.4. The van der Waals surface area contributed by atoms with E-state index in [1.54, 1.807) is 33.5 Å². The van der Waals surface area contributed by atoms with E-state index in [0.717, 1.165) is 24.2 Å². The lowest BCUT2D eigenvalue weighted by molar-refractivity contribution is -0.121. The number of hydrogen-bond acceptors (Lipinski definition) is 8. The number of ether oxygens (including phenoxy) is 3. The third kappa shape index (κ3) is 5.41. The van der Waals surface area contributed by atoms with Gasteiger partial charge in [-0.1, -0.05) is 5.16 Å². The summed E-state index contributed by atoms with van der Waals surface area (Å²) in [6.07, 6.45) is 3.08. The molecule has 1 aliphatic heterocycles. The van der Waals surface area contributed by atoms with Gasteiger partial charge in [-0.3, -0.25) is 4.79 Å². The molecule has 1 N–H and O–H groups in total. The van der Waals surface area contributed by atoms with Gasteiger partial charge in [0.15, 0.2) is 11.5 Å². The Kier molecular flexibility index (Phi) is 7.51. The second-order valence-electron chi connectivity index (χ2n) is 8.06. The molecule has 1 aliphatic rings. The number of methoxy groups -OCH3 is 3. The van der Waals surface area contributed by atoms with E-state index in [9.17, 15) is 4.79 Å². The van der Waals surface area contributed by atoms with Gasteiger partial charge in [-0.2, -0.15) is 4.98 Å². The third-order valence-corrected chi connectivity index (χ3v) is 5.84. The minimum Gasteiger partial charge on any atom is -0.493 e. The molecular formula is C25H30N4O5. The van der Waals surface area contributed by atoms with E-state index < -0.39 is 0 Å². The Bertz CT molecular complexity index is 1080. The second kappa shape index (κ2) is 10.9.